The van der Waals surface area contributed by atoms with Crippen LogP contribution in [-0.4, -0.2) is 165 Å². The van der Waals surface area contributed by atoms with Crippen LogP contribution in [0.15, 0.2) is 0 Å². The third-order valence-corrected chi connectivity index (χ3v) is 18.2. The van der Waals surface area contributed by atoms with Gasteiger partial charge in [-0.3, -0.25) is 47.9 Å². The molecule has 0 saturated heterocycles. The molecular weight excluding hydrogens is 1280 g/mol. The summed E-state index contributed by atoms with van der Waals surface area (Å²) in [5.74, 6) is -5.43. The quantitative estimate of drug-likeness (QED) is 0.0388. The number of primary amides is 1. The lowest BCUT2D eigenvalue weighted by Gasteiger charge is -2.27. The highest BCUT2D eigenvalue weighted by atomic mass is 16.2. The minimum absolute atomic E-state index is 0.00791. The molecule has 100 heavy (non-hydrogen) atoms. The van der Waals surface area contributed by atoms with E-state index in [0.29, 0.717) is 142 Å². The fourth-order valence-electron chi connectivity index (χ4n) is 11.7. The third-order valence-electron chi connectivity index (χ3n) is 18.2. The summed E-state index contributed by atoms with van der Waals surface area (Å²) in [4.78, 5) is 139. The number of nitrogens with one attached hydrogen (secondary N) is 9. The molecule has 0 aliphatic heterocycles. The molecule has 28 heteroatoms. The van der Waals surface area contributed by atoms with Gasteiger partial charge in [0.25, 0.3) is 0 Å². The van der Waals surface area contributed by atoms with Crippen molar-refractivity contribution in [2.75, 3.05) is 45.8 Å². The minimum atomic E-state index is -1.31. The summed E-state index contributed by atoms with van der Waals surface area (Å²) >= 11 is 0. The molecule has 582 valence electrons. The monoisotopic (exact) mass is 1420 g/mol. The van der Waals surface area contributed by atoms with Crippen LogP contribution < -0.4 is 99.5 Å². The standard InChI is InChI=1S/C72H144N18O10/c1-4-7-10-13-16-19-40-57(63(81)91)85-69(97)60(41-20-17-14-11-8-5-2)88-71(99)61(42-21-18-15-12-9-6-3)89-72(100)62(90-70(98)59(87-67(95)56(80)39-25-32-49-76)44-27-34-51-83-65(93)54(78)37-23-30-47-74)45-28-35-52-84-68(96)58(86-66(94)55(79)38-24-31-48-75)43-26-33-50-82-64(92)53(77)36-22-29-46-73/h53-62H,4-52,73-80H2,1-3H3,(H2,81,91)(H,82,92)(H,83,93)(H,84,96)(H,85,97)(H,86,94)(H,87,95)(H,88,99)(H,89,100)(H,90,98)/t53-,54-,55-,56-,57?,58-,59-,60?,61?,62-/m0/s1. The van der Waals surface area contributed by atoms with Crippen LogP contribution in [0.2, 0.25) is 0 Å². The second kappa shape index (κ2) is 63.1. The van der Waals surface area contributed by atoms with Crippen molar-refractivity contribution < 1.29 is 47.9 Å². The van der Waals surface area contributed by atoms with Gasteiger partial charge >= 0.3 is 0 Å². The summed E-state index contributed by atoms with van der Waals surface area (Å²) in [5, 5.41) is 25.9. The van der Waals surface area contributed by atoms with Crippen LogP contribution >= 0.6 is 0 Å². The zero-order valence-electron chi connectivity index (χ0n) is 62.2. The van der Waals surface area contributed by atoms with E-state index in [1.807, 2.05) is 0 Å². The Morgan fingerprint density at radius 2 is 0.430 bits per heavy atom. The maximum absolute atomic E-state index is 15.1. The van der Waals surface area contributed by atoms with E-state index in [9.17, 15) is 43.2 Å². The maximum Gasteiger partial charge on any atom is 0.243 e. The van der Waals surface area contributed by atoms with Gasteiger partial charge in [0, 0.05) is 19.6 Å². The average molecular weight is 1420 g/mol. The Hall–Kier alpha value is -5.62. The first-order valence-corrected chi connectivity index (χ1v) is 38.9. The Bertz CT molecular complexity index is 2210. The molecule has 0 aliphatic carbocycles. The molecule has 0 aromatic carbocycles. The van der Waals surface area contributed by atoms with Crippen molar-refractivity contribution in [3.05, 3.63) is 0 Å². The maximum atomic E-state index is 15.1. The van der Waals surface area contributed by atoms with Gasteiger partial charge in [0.05, 0.1) is 24.2 Å². The first-order chi connectivity index (χ1) is 48.1. The predicted molar refractivity (Wildman–Crippen MR) is 399 cm³/mol. The van der Waals surface area contributed by atoms with E-state index in [0.717, 1.165) is 116 Å². The summed E-state index contributed by atoms with van der Waals surface area (Å²) < 4.78 is 0. The fraction of sp³-hybridized carbons (Fsp3) is 0.861. The van der Waals surface area contributed by atoms with E-state index in [4.69, 9.17) is 51.6 Å². The Morgan fingerprint density at radius 3 is 0.700 bits per heavy atom. The SMILES string of the molecule is CCCCCCCCC(NC(=O)C(CCCCCCCC)NC(=O)C(CCCCCCCC)NC(=O)[C@H](CCCCNC(=O)[C@H](CCCCNC(=O)[C@@H](N)CCCCN)NC(=O)[C@@H](N)CCCCN)NC(=O)[C@H](CCCCNC(=O)[C@@H](N)CCCCN)NC(=O)[C@@H](N)CCCCN)C(N)=O. The van der Waals surface area contributed by atoms with Gasteiger partial charge in [-0.2, -0.15) is 0 Å². The van der Waals surface area contributed by atoms with E-state index < -0.39 is 108 Å². The van der Waals surface area contributed by atoms with E-state index in [1.165, 1.54) is 0 Å². The van der Waals surface area contributed by atoms with Crippen molar-refractivity contribution in [3.8, 4) is 0 Å². The first-order valence-electron chi connectivity index (χ1n) is 38.9. The van der Waals surface area contributed by atoms with Crippen molar-refractivity contribution in [2.24, 2.45) is 51.6 Å². The van der Waals surface area contributed by atoms with Gasteiger partial charge in [-0.15, -0.1) is 0 Å². The van der Waals surface area contributed by atoms with Gasteiger partial charge in [0.15, 0.2) is 0 Å². The Labute approximate surface area is 600 Å². The van der Waals surface area contributed by atoms with Crippen LogP contribution in [0.3, 0.4) is 0 Å². The number of nitrogens with two attached hydrogens (primary N) is 9. The smallest absolute Gasteiger partial charge is 0.243 e. The highest BCUT2D eigenvalue weighted by Gasteiger charge is 2.33. The highest BCUT2D eigenvalue weighted by molar-refractivity contribution is 5.96. The lowest BCUT2D eigenvalue weighted by Crippen LogP contribution is -2.59. The third kappa shape index (κ3) is 48.3. The normalized spacial score (nSPS) is 14.3. The molecule has 0 aromatic rings. The number of rotatable bonds is 68. The van der Waals surface area contributed by atoms with Gasteiger partial charge in [-0.25, -0.2) is 0 Å². The largest absolute Gasteiger partial charge is 0.368 e. The highest BCUT2D eigenvalue weighted by Crippen LogP contribution is 2.16. The lowest BCUT2D eigenvalue weighted by atomic mass is 10.0. The second-order valence-electron chi connectivity index (χ2n) is 27.4. The van der Waals surface area contributed by atoms with Crippen molar-refractivity contribution >= 4 is 59.1 Å². The molecule has 0 heterocycles. The van der Waals surface area contributed by atoms with Gasteiger partial charge in [0.2, 0.25) is 59.1 Å². The Kier molecular flexibility index (Phi) is 59.6. The molecule has 0 aliphatic rings. The summed E-state index contributed by atoms with van der Waals surface area (Å²) in [7, 11) is 0. The van der Waals surface area contributed by atoms with Crippen molar-refractivity contribution in [2.45, 2.75) is 351 Å². The molecular formula is C72H144N18O10. The van der Waals surface area contributed by atoms with Crippen LogP contribution in [0.4, 0.5) is 0 Å². The van der Waals surface area contributed by atoms with Gasteiger partial charge < -0.3 is 99.5 Å². The molecule has 0 spiro atoms. The zero-order valence-corrected chi connectivity index (χ0v) is 62.2. The van der Waals surface area contributed by atoms with Gasteiger partial charge in [0.1, 0.15) is 36.3 Å². The first kappa shape index (κ1) is 94.4. The molecule has 0 rings (SSSR count). The number of unbranched alkanes of at least 4 members (excludes halogenated alkanes) is 22. The molecule has 27 N–H and O–H groups in total. The van der Waals surface area contributed by atoms with Crippen molar-refractivity contribution in [1.29, 1.82) is 0 Å². The zero-order chi connectivity index (χ0) is 74.6. The van der Waals surface area contributed by atoms with Gasteiger partial charge in [-0.05, 0) is 155 Å². The van der Waals surface area contributed by atoms with E-state index in [1.54, 1.807) is 0 Å². The molecule has 0 radical (unpaired) electrons. The molecule has 0 saturated carbocycles. The van der Waals surface area contributed by atoms with Crippen molar-refractivity contribution in [3.63, 3.8) is 0 Å². The molecule has 0 bridgehead atoms. The number of carbonyl (C=O) groups is 10. The minimum Gasteiger partial charge on any atom is -0.368 e. The number of amides is 10. The number of hydrogen-bond donors (Lipinski definition) is 18. The van der Waals surface area contributed by atoms with E-state index in [2.05, 4.69) is 68.6 Å². The van der Waals surface area contributed by atoms with E-state index in [-0.39, 0.29) is 69.8 Å². The molecule has 10 amide bonds. The van der Waals surface area contributed by atoms with E-state index >= 15 is 4.79 Å². The van der Waals surface area contributed by atoms with Crippen LogP contribution in [0.25, 0.3) is 0 Å². The fourth-order valence-corrected chi connectivity index (χ4v) is 11.7. The number of carbonyl (C=O) groups excluding carboxylic acids is 10. The second-order valence-corrected chi connectivity index (χ2v) is 27.4. The lowest BCUT2D eigenvalue weighted by molar-refractivity contribution is -0.135. The molecule has 3 unspecified atom stereocenters. The van der Waals surface area contributed by atoms with Crippen LogP contribution in [0.1, 0.15) is 290 Å². The topological polar surface area (TPSA) is 513 Å². The molecule has 0 aromatic heterocycles. The average Bonchev–Trinajstić information content (AvgIpc) is 0.874. The van der Waals surface area contributed by atoms with Gasteiger partial charge in [-0.1, -0.05) is 162 Å². The summed E-state index contributed by atoms with van der Waals surface area (Å²) in [6.45, 7) is 8.84. The molecule has 0 fully saturated rings. The number of hydrogen-bond acceptors (Lipinski definition) is 18. The van der Waals surface area contributed by atoms with Crippen LogP contribution in [0, 0.1) is 0 Å². The summed E-state index contributed by atoms with van der Waals surface area (Å²) in [6, 6.07) is -9.97. The van der Waals surface area contributed by atoms with Crippen molar-refractivity contribution in [1.82, 2.24) is 47.9 Å². The molecule has 10 atom stereocenters. The summed E-state index contributed by atoms with van der Waals surface area (Å²) in [6.07, 6.45) is 26.8. The van der Waals surface area contributed by atoms with Crippen LogP contribution in [-0.2, 0) is 47.9 Å². The Morgan fingerprint density at radius 1 is 0.230 bits per heavy atom. The molecule has 28 nitrogen and oxygen atoms in total. The predicted octanol–water partition coefficient (Wildman–Crippen LogP) is 3.32. The van der Waals surface area contributed by atoms with Crippen LogP contribution in [0.5, 0.6) is 0 Å². The Balaban J connectivity index is 7.34. The summed E-state index contributed by atoms with van der Waals surface area (Å²) in [5.41, 5.74) is 53.3.